The third kappa shape index (κ3) is 3.60. The Morgan fingerprint density at radius 2 is 1.88 bits per heavy atom. The summed E-state index contributed by atoms with van der Waals surface area (Å²) in [5.74, 6) is -0.324. The van der Waals surface area contributed by atoms with E-state index in [2.05, 4.69) is 36.7 Å². The number of nitrogens with zero attached hydrogens (tertiary/aromatic N) is 2. The largest absolute Gasteiger partial charge is 0.289 e. The molecule has 0 saturated heterocycles. The highest BCUT2D eigenvalue weighted by molar-refractivity contribution is 9.10. The van der Waals surface area contributed by atoms with Crippen LogP contribution in [0.1, 0.15) is 21.6 Å². The fourth-order valence-corrected chi connectivity index (χ4v) is 2.53. The molecule has 1 heterocycles. The first-order chi connectivity index (χ1) is 11.6. The third-order valence-electron chi connectivity index (χ3n) is 3.53. The summed E-state index contributed by atoms with van der Waals surface area (Å²) >= 11 is 3.37. The van der Waals surface area contributed by atoms with Gasteiger partial charge in [-0.25, -0.2) is 5.43 Å². The standard InChI is InChI=1S/C18H15BrN4O/c1-12-16(14-5-3-2-4-6-14)21-22-17(12)18(24)23-20-11-13-7-9-15(19)10-8-13/h2-11H,1H3,(H,21,22)(H,23,24)/b20-11+. The first-order valence-corrected chi connectivity index (χ1v) is 8.14. The first-order valence-electron chi connectivity index (χ1n) is 7.34. The van der Waals surface area contributed by atoms with Crippen LogP contribution in [-0.2, 0) is 0 Å². The molecule has 0 aliphatic rings. The van der Waals surface area contributed by atoms with Gasteiger partial charge in [0.2, 0.25) is 0 Å². The van der Waals surface area contributed by atoms with E-state index in [1.807, 2.05) is 61.5 Å². The van der Waals surface area contributed by atoms with Gasteiger partial charge in [0.1, 0.15) is 5.69 Å². The van der Waals surface area contributed by atoms with Crippen molar-refractivity contribution in [3.63, 3.8) is 0 Å². The van der Waals surface area contributed by atoms with Crippen LogP contribution in [0.5, 0.6) is 0 Å². The lowest BCUT2D eigenvalue weighted by Gasteiger charge is -2.00. The molecule has 0 bridgehead atoms. The van der Waals surface area contributed by atoms with Crippen LogP contribution in [0.3, 0.4) is 0 Å². The van der Waals surface area contributed by atoms with Crippen molar-refractivity contribution in [1.29, 1.82) is 0 Å². The summed E-state index contributed by atoms with van der Waals surface area (Å²) in [6, 6.07) is 17.3. The van der Waals surface area contributed by atoms with Crippen LogP contribution in [0.15, 0.2) is 64.2 Å². The van der Waals surface area contributed by atoms with Crippen molar-refractivity contribution in [1.82, 2.24) is 15.6 Å². The fraction of sp³-hybridized carbons (Fsp3) is 0.0556. The second-order valence-corrected chi connectivity index (χ2v) is 6.10. The normalized spacial score (nSPS) is 10.9. The van der Waals surface area contributed by atoms with Crippen LogP contribution < -0.4 is 5.43 Å². The van der Waals surface area contributed by atoms with Crippen molar-refractivity contribution in [2.45, 2.75) is 6.92 Å². The van der Waals surface area contributed by atoms with Gasteiger partial charge in [0, 0.05) is 15.6 Å². The molecule has 0 saturated carbocycles. The number of halogens is 1. The van der Waals surface area contributed by atoms with Gasteiger partial charge in [-0.3, -0.25) is 9.89 Å². The number of hydrogen-bond acceptors (Lipinski definition) is 3. The van der Waals surface area contributed by atoms with Crippen LogP contribution >= 0.6 is 15.9 Å². The SMILES string of the molecule is Cc1c(-c2ccccc2)n[nH]c1C(=O)N/N=C/c1ccc(Br)cc1. The molecule has 0 fully saturated rings. The van der Waals surface area contributed by atoms with E-state index < -0.39 is 0 Å². The van der Waals surface area contributed by atoms with Crippen LogP contribution in [0.25, 0.3) is 11.3 Å². The average molecular weight is 383 g/mol. The molecule has 24 heavy (non-hydrogen) atoms. The lowest BCUT2D eigenvalue weighted by Crippen LogP contribution is -2.19. The van der Waals surface area contributed by atoms with Crippen molar-refractivity contribution in [2.24, 2.45) is 5.10 Å². The number of carbonyl (C=O) groups excluding carboxylic acids is 1. The average Bonchev–Trinajstić information content (AvgIpc) is 2.99. The van der Waals surface area contributed by atoms with E-state index in [0.29, 0.717) is 5.69 Å². The predicted octanol–water partition coefficient (Wildman–Crippen LogP) is 3.91. The predicted molar refractivity (Wildman–Crippen MR) is 98.0 cm³/mol. The van der Waals surface area contributed by atoms with Crippen molar-refractivity contribution in [3.8, 4) is 11.3 Å². The van der Waals surface area contributed by atoms with Gasteiger partial charge in [0.25, 0.3) is 5.91 Å². The highest BCUT2D eigenvalue weighted by Crippen LogP contribution is 2.22. The summed E-state index contributed by atoms with van der Waals surface area (Å²) in [4.78, 5) is 12.3. The molecule has 6 heteroatoms. The minimum absolute atomic E-state index is 0.324. The molecule has 120 valence electrons. The number of H-pyrrole nitrogens is 1. The van der Waals surface area contributed by atoms with Crippen molar-refractivity contribution in [3.05, 3.63) is 75.9 Å². The number of benzene rings is 2. The quantitative estimate of drug-likeness (QED) is 0.530. The molecule has 0 aliphatic carbocycles. The zero-order valence-corrected chi connectivity index (χ0v) is 14.5. The molecule has 0 radical (unpaired) electrons. The highest BCUT2D eigenvalue weighted by atomic mass is 79.9. The Balaban J connectivity index is 1.72. The zero-order chi connectivity index (χ0) is 16.9. The zero-order valence-electron chi connectivity index (χ0n) is 13.0. The van der Waals surface area contributed by atoms with Crippen molar-refractivity contribution < 1.29 is 4.79 Å². The molecule has 2 N–H and O–H groups in total. The summed E-state index contributed by atoms with van der Waals surface area (Å²) in [5, 5.41) is 11.0. The number of amides is 1. The maximum atomic E-state index is 12.3. The second kappa shape index (κ2) is 7.23. The number of rotatable bonds is 4. The maximum absolute atomic E-state index is 12.3. The molecule has 0 unspecified atom stereocenters. The van der Waals surface area contributed by atoms with E-state index in [9.17, 15) is 4.79 Å². The van der Waals surface area contributed by atoms with Gasteiger partial charge in [-0.1, -0.05) is 58.4 Å². The summed E-state index contributed by atoms with van der Waals surface area (Å²) < 4.78 is 0.991. The Morgan fingerprint density at radius 1 is 1.17 bits per heavy atom. The molecular weight excluding hydrogens is 368 g/mol. The minimum Gasteiger partial charge on any atom is -0.272 e. The number of hydrazone groups is 1. The Hall–Kier alpha value is -2.73. The van der Waals surface area contributed by atoms with Crippen LogP contribution in [-0.4, -0.2) is 22.3 Å². The monoisotopic (exact) mass is 382 g/mol. The fourth-order valence-electron chi connectivity index (χ4n) is 2.27. The van der Waals surface area contributed by atoms with Gasteiger partial charge in [-0.2, -0.15) is 10.2 Å². The third-order valence-corrected chi connectivity index (χ3v) is 4.06. The van der Waals surface area contributed by atoms with Gasteiger partial charge in [0.05, 0.1) is 11.9 Å². The van der Waals surface area contributed by atoms with Crippen LogP contribution in [0.2, 0.25) is 0 Å². The van der Waals surface area contributed by atoms with E-state index in [1.54, 1.807) is 6.21 Å². The van der Waals surface area contributed by atoms with Crippen LogP contribution in [0.4, 0.5) is 0 Å². The lowest BCUT2D eigenvalue weighted by atomic mass is 10.1. The van der Waals surface area contributed by atoms with E-state index in [4.69, 9.17) is 0 Å². The number of carbonyl (C=O) groups is 1. The maximum Gasteiger partial charge on any atom is 0.289 e. The second-order valence-electron chi connectivity index (χ2n) is 5.19. The van der Waals surface area contributed by atoms with E-state index in [0.717, 1.165) is 26.9 Å². The van der Waals surface area contributed by atoms with Crippen molar-refractivity contribution in [2.75, 3.05) is 0 Å². The summed E-state index contributed by atoms with van der Waals surface area (Å²) in [6.07, 6.45) is 1.59. The molecule has 0 spiro atoms. The molecule has 2 aromatic carbocycles. The molecule has 3 rings (SSSR count). The number of aromatic amines is 1. The van der Waals surface area contributed by atoms with Crippen molar-refractivity contribution >= 4 is 28.1 Å². The van der Waals surface area contributed by atoms with Gasteiger partial charge in [-0.15, -0.1) is 0 Å². The minimum atomic E-state index is -0.324. The summed E-state index contributed by atoms with van der Waals surface area (Å²) in [7, 11) is 0. The van der Waals surface area contributed by atoms with Gasteiger partial charge >= 0.3 is 0 Å². The first kappa shape index (κ1) is 16.1. The molecule has 0 aliphatic heterocycles. The number of hydrogen-bond donors (Lipinski definition) is 2. The molecule has 3 aromatic rings. The van der Waals surface area contributed by atoms with E-state index in [-0.39, 0.29) is 5.91 Å². The molecule has 0 atom stereocenters. The Labute approximate surface area is 147 Å². The highest BCUT2D eigenvalue weighted by Gasteiger charge is 2.16. The lowest BCUT2D eigenvalue weighted by molar-refractivity contribution is 0.0949. The van der Waals surface area contributed by atoms with Gasteiger partial charge < -0.3 is 0 Å². The number of nitrogens with one attached hydrogen (secondary N) is 2. The van der Waals surface area contributed by atoms with Crippen LogP contribution in [0, 0.1) is 6.92 Å². The smallest absolute Gasteiger partial charge is 0.272 e. The summed E-state index contributed by atoms with van der Waals surface area (Å²) in [5.41, 5.74) is 6.33. The van der Waals surface area contributed by atoms with Gasteiger partial charge in [0.15, 0.2) is 0 Å². The van der Waals surface area contributed by atoms with Gasteiger partial charge in [-0.05, 0) is 24.6 Å². The Kier molecular flexibility index (Phi) is 4.86. The molecular formula is C18H15BrN4O. The Morgan fingerprint density at radius 3 is 2.58 bits per heavy atom. The Bertz CT molecular complexity index is 870. The number of aromatic nitrogens is 2. The topological polar surface area (TPSA) is 70.1 Å². The summed E-state index contributed by atoms with van der Waals surface area (Å²) in [6.45, 7) is 1.86. The molecule has 1 aromatic heterocycles. The molecule has 1 amide bonds. The molecule has 5 nitrogen and oxygen atoms in total. The van der Waals surface area contributed by atoms with E-state index >= 15 is 0 Å². The van der Waals surface area contributed by atoms with E-state index in [1.165, 1.54) is 0 Å².